The third-order valence-corrected chi connectivity index (χ3v) is 3.17. The largest absolute Gasteiger partial charge is 0.423 e. The third-order valence-electron chi connectivity index (χ3n) is 3.17. The second-order valence-electron chi connectivity index (χ2n) is 4.36. The van der Waals surface area contributed by atoms with E-state index in [1.165, 1.54) is 0 Å². The molecule has 0 heterocycles. The molecule has 0 saturated heterocycles. The lowest BCUT2D eigenvalue weighted by atomic mass is 10.1. The van der Waals surface area contributed by atoms with Crippen LogP contribution in [0.2, 0.25) is 0 Å². The first-order valence-electron chi connectivity index (χ1n) is 6.64. The molecule has 2 heteroatoms. The van der Waals surface area contributed by atoms with E-state index in [1.807, 2.05) is 62.4 Å². The van der Waals surface area contributed by atoms with Crippen LogP contribution in [0.25, 0.3) is 0 Å². The first-order chi connectivity index (χ1) is 9.26. The van der Waals surface area contributed by atoms with E-state index in [0.29, 0.717) is 11.3 Å². The van der Waals surface area contributed by atoms with Gasteiger partial charge in [0.2, 0.25) is 0 Å². The number of rotatable bonds is 4. The van der Waals surface area contributed by atoms with Gasteiger partial charge in [0.25, 0.3) is 0 Å². The summed E-state index contributed by atoms with van der Waals surface area (Å²) in [6, 6.07) is 15.2. The molecule has 0 amide bonds. The summed E-state index contributed by atoms with van der Waals surface area (Å²) in [4.78, 5) is 12.2. The summed E-state index contributed by atoms with van der Waals surface area (Å²) in [6.45, 7) is 4.08. The molecule has 0 aliphatic rings. The molecular weight excluding hydrogens is 236 g/mol. The highest BCUT2D eigenvalue weighted by atomic mass is 16.5. The monoisotopic (exact) mass is 254 g/mol. The van der Waals surface area contributed by atoms with Crippen molar-refractivity contribution in [2.75, 3.05) is 0 Å². The molecule has 0 saturated carbocycles. The lowest BCUT2D eigenvalue weighted by molar-refractivity contribution is 0.0732. The highest BCUT2D eigenvalue weighted by Gasteiger charge is 2.13. The standard InChI is InChI=1S/C17H18O2/c1-3-13-9-5-7-11-15(13)17(18)19-16-12-8-6-10-14(16)4-2/h5-12H,3-4H2,1-2H3. The van der Waals surface area contributed by atoms with Crippen LogP contribution in [-0.4, -0.2) is 5.97 Å². The van der Waals surface area contributed by atoms with Crippen LogP contribution in [0.3, 0.4) is 0 Å². The Morgan fingerprint density at radius 1 is 0.895 bits per heavy atom. The minimum Gasteiger partial charge on any atom is -0.423 e. The van der Waals surface area contributed by atoms with Crippen LogP contribution in [0.5, 0.6) is 5.75 Å². The Bertz CT molecular complexity index is 573. The molecule has 0 spiro atoms. The zero-order valence-corrected chi connectivity index (χ0v) is 11.3. The van der Waals surface area contributed by atoms with Crippen molar-refractivity contribution in [3.8, 4) is 5.75 Å². The van der Waals surface area contributed by atoms with Crippen molar-refractivity contribution in [3.05, 3.63) is 65.2 Å². The number of esters is 1. The third kappa shape index (κ3) is 3.02. The van der Waals surface area contributed by atoms with Crippen molar-refractivity contribution in [1.29, 1.82) is 0 Å². The molecule has 0 aromatic heterocycles. The number of para-hydroxylation sites is 1. The van der Waals surface area contributed by atoms with Gasteiger partial charge >= 0.3 is 5.97 Å². The van der Waals surface area contributed by atoms with E-state index in [1.54, 1.807) is 0 Å². The first-order valence-corrected chi connectivity index (χ1v) is 6.64. The van der Waals surface area contributed by atoms with Gasteiger partial charge in [-0.15, -0.1) is 0 Å². The van der Waals surface area contributed by atoms with Gasteiger partial charge in [-0.05, 0) is 36.1 Å². The highest BCUT2D eigenvalue weighted by molar-refractivity contribution is 5.92. The number of benzene rings is 2. The van der Waals surface area contributed by atoms with E-state index >= 15 is 0 Å². The normalized spacial score (nSPS) is 10.2. The Morgan fingerprint density at radius 2 is 1.47 bits per heavy atom. The van der Waals surface area contributed by atoms with Gasteiger partial charge in [0, 0.05) is 0 Å². The average Bonchev–Trinajstić information content (AvgIpc) is 2.47. The molecule has 98 valence electrons. The van der Waals surface area contributed by atoms with Crippen LogP contribution in [-0.2, 0) is 12.8 Å². The highest BCUT2D eigenvalue weighted by Crippen LogP contribution is 2.20. The van der Waals surface area contributed by atoms with Gasteiger partial charge in [0.15, 0.2) is 0 Å². The SMILES string of the molecule is CCc1ccccc1OC(=O)c1ccccc1CC. The second-order valence-corrected chi connectivity index (χ2v) is 4.36. The van der Waals surface area contributed by atoms with Crippen LogP contribution < -0.4 is 4.74 Å². The van der Waals surface area contributed by atoms with E-state index < -0.39 is 0 Å². The number of hydrogen-bond acceptors (Lipinski definition) is 2. The number of aryl methyl sites for hydroxylation is 2. The lowest BCUT2D eigenvalue weighted by Gasteiger charge is -2.10. The van der Waals surface area contributed by atoms with Crippen molar-refractivity contribution >= 4 is 5.97 Å². The zero-order valence-electron chi connectivity index (χ0n) is 11.3. The predicted molar refractivity (Wildman–Crippen MR) is 76.6 cm³/mol. The Kier molecular flexibility index (Phi) is 4.35. The van der Waals surface area contributed by atoms with Gasteiger partial charge < -0.3 is 4.74 Å². The van der Waals surface area contributed by atoms with Crippen molar-refractivity contribution in [3.63, 3.8) is 0 Å². The Hall–Kier alpha value is -2.09. The molecule has 19 heavy (non-hydrogen) atoms. The zero-order chi connectivity index (χ0) is 13.7. The van der Waals surface area contributed by atoms with E-state index in [0.717, 1.165) is 24.0 Å². The summed E-state index contributed by atoms with van der Waals surface area (Å²) in [5.41, 5.74) is 2.71. The summed E-state index contributed by atoms with van der Waals surface area (Å²) < 4.78 is 5.53. The van der Waals surface area contributed by atoms with Gasteiger partial charge in [-0.2, -0.15) is 0 Å². The summed E-state index contributed by atoms with van der Waals surface area (Å²) >= 11 is 0. The maximum Gasteiger partial charge on any atom is 0.343 e. The van der Waals surface area contributed by atoms with Crippen molar-refractivity contribution < 1.29 is 9.53 Å². The Balaban J connectivity index is 2.26. The fourth-order valence-corrected chi connectivity index (χ4v) is 2.08. The van der Waals surface area contributed by atoms with E-state index in [4.69, 9.17) is 4.74 Å². The molecule has 0 unspecified atom stereocenters. The minimum absolute atomic E-state index is 0.279. The summed E-state index contributed by atoms with van der Waals surface area (Å²) in [7, 11) is 0. The van der Waals surface area contributed by atoms with Crippen LogP contribution in [0.15, 0.2) is 48.5 Å². The van der Waals surface area contributed by atoms with Gasteiger partial charge in [-0.25, -0.2) is 4.79 Å². The molecular formula is C17H18O2. The molecule has 0 N–H and O–H groups in total. The van der Waals surface area contributed by atoms with Crippen LogP contribution >= 0.6 is 0 Å². The summed E-state index contributed by atoms with van der Waals surface area (Å²) in [5, 5.41) is 0. The topological polar surface area (TPSA) is 26.3 Å². The molecule has 0 radical (unpaired) electrons. The van der Waals surface area contributed by atoms with Gasteiger partial charge in [-0.1, -0.05) is 50.2 Å². The Labute approximate surface area is 114 Å². The molecule has 2 aromatic rings. The van der Waals surface area contributed by atoms with Crippen molar-refractivity contribution in [1.82, 2.24) is 0 Å². The quantitative estimate of drug-likeness (QED) is 0.608. The van der Waals surface area contributed by atoms with E-state index in [9.17, 15) is 4.79 Å². The van der Waals surface area contributed by atoms with E-state index in [2.05, 4.69) is 0 Å². The molecule has 2 rings (SSSR count). The molecule has 0 atom stereocenters. The number of ether oxygens (including phenoxy) is 1. The molecule has 0 fully saturated rings. The fourth-order valence-electron chi connectivity index (χ4n) is 2.08. The summed E-state index contributed by atoms with van der Waals surface area (Å²) in [5.74, 6) is 0.374. The Morgan fingerprint density at radius 3 is 2.16 bits per heavy atom. The number of hydrogen-bond donors (Lipinski definition) is 0. The maximum atomic E-state index is 12.2. The first kappa shape index (κ1) is 13.3. The molecule has 2 nitrogen and oxygen atoms in total. The minimum atomic E-state index is -0.279. The second kappa shape index (κ2) is 6.19. The molecule has 0 aliphatic heterocycles. The van der Waals surface area contributed by atoms with Crippen LogP contribution in [0.1, 0.15) is 35.3 Å². The predicted octanol–water partition coefficient (Wildman–Crippen LogP) is 4.03. The maximum absolute atomic E-state index is 12.2. The van der Waals surface area contributed by atoms with Gasteiger partial charge in [0.05, 0.1) is 5.56 Å². The van der Waals surface area contributed by atoms with E-state index in [-0.39, 0.29) is 5.97 Å². The number of carbonyl (C=O) groups is 1. The van der Waals surface area contributed by atoms with Gasteiger partial charge in [-0.3, -0.25) is 0 Å². The van der Waals surface area contributed by atoms with Crippen molar-refractivity contribution in [2.24, 2.45) is 0 Å². The number of carbonyl (C=O) groups excluding carboxylic acids is 1. The van der Waals surface area contributed by atoms with Gasteiger partial charge in [0.1, 0.15) is 5.75 Å². The molecule has 0 bridgehead atoms. The average molecular weight is 254 g/mol. The fraction of sp³-hybridized carbons (Fsp3) is 0.235. The molecule has 2 aromatic carbocycles. The van der Waals surface area contributed by atoms with Crippen LogP contribution in [0.4, 0.5) is 0 Å². The van der Waals surface area contributed by atoms with Crippen LogP contribution in [0, 0.1) is 0 Å². The summed E-state index contributed by atoms with van der Waals surface area (Å²) in [6.07, 6.45) is 1.67. The molecule has 0 aliphatic carbocycles. The smallest absolute Gasteiger partial charge is 0.343 e. The lowest BCUT2D eigenvalue weighted by Crippen LogP contribution is -2.12. The van der Waals surface area contributed by atoms with Crippen molar-refractivity contribution in [2.45, 2.75) is 26.7 Å².